The van der Waals surface area contributed by atoms with Crippen molar-refractivity contribution in [3.8, 4) is 0 Å². The zero-order valence-electron chi connectivity index (χ0n) is 9.92. The number of carbonyl (C=O) groups excluding carboxylic acids is 1. The lowest BCUT2D eigenvalue weighted by atomic mass is 9.95. The first-order valence-electron chi connectivity index (χ1n) is 6.09. The zero-order valence-corrected chi connectivity index (χ0v) is 9.92. The molecular formula is C12H23NO2. The zero-order chi connectivity index (χ0) is 11.1. The molecule has 0 aromatic heterocycles. The molecule has 1 aliphatic rings. The summed E-state index contributed by atoms with van der Waals surface area (Å²) in [4.78, 5) is 11.4. The molecule has 0 amide bonds. The Bertz CT molecular complexity index is 188. The number of hydrogen-bond donors (Lipinski definition) is 1. The molecule has 1 aliphatic carbocycles. The Morgan fingerprint density at radius 3 is 2.60 bits per heavy atom. The number of rotatable bonds is 5. The first kappa shape index (κ1) is 12.5. The van der Waals surface area contributed by atoms with Crippen LogP contribution in [0.1, 0.15) is 45.4 Å². The summed E-state index contributed by atoms with van der Waals surface area (Å²) in [6.45, 7) is 2.80. The van der Waals surface area contributed by atoms with Gasteiger partial charge >= 0.3 is 5.97 Å². The van der Waals surface area contributed by atoms with Gasteiger partial charge in [0.25, 0.3) is 0 Å². The van der Waals surface area contributed by atoms with E-state index in [0.29, 0.717) is 6.04 Å². The molecule has 1 rings (SSSR count). The third kappa shape index (κ3) is 4.20. The number of carbonyl (C=O) groups is 1. The molecule has 3 heteroatoms. The van der Waals surface area contributed by atoms with Crippen molar-refractivity contribution in [1.82, 2.24) is 5.32 Å². The van der Waals surface area contributed by atoms with Gasteiger partial charge in [-0.2, -0.15) is 0 Å². The number of methoxy groups -OCH3 is 1. The van der Waals surface area contributed by atoms with Crippen molar-refractivity contribution >= 4 is 5.97 Å². The Hall–Kier alpha value is -0.570. The Labute approximate surface area is 92.6 Å². The minimum atomic E-state index is -0.0826. The van der Waals surface area contributed by atoms with Crippen molar-refractivity contribution in [1.29, 1.82) is 0 Å². The fraction of sp³-hybridized carbons (Fsp3) is 0.917. The van der Waals surface area contributed by atoms with Gasteiger partial charge in [0.05, 0.1) is 13.0 Å². The molecule has 0 aromatic carbocycles. The number of ether oxygens (including phenoxy) is 1. The predicted molar refractivity (Wildman–Crippen MR) is 60.7 cm³/mol. The van der Waals surface area contributed by atoms with Crippen molar-refractivity contribution in [3.63, 3.8) is 0 Å². The quantitative estimate of drug-likeness (QED) is 0.711. The fourth-order valence-corrected chi connectivity index (χ4v) is 2.18. The molecule has 1 N–H and O–H groups in total. The molecule has 88 valence electrons. The highest BCUT2D eigenvalue weighted by Gasteiger charge is 2.19. The lowest BCUT2D eigenvalue weighted by molar-refractivity contribution is -0.145. The molecule has 0 aliphatic heterocycles. The van der Waals surface area contributed by atoms with E-state index in [9.17, 15) is 4.79 Å². The van der Waals surface area contributed by atoms with Gasteiger partial charge in [0.1, 0.15) is 0 Å². The molecule has 1 saturated carbocycles. The molecule has 0 unspecified atom stereocenters. The van der Waals surface area contributed by atoms with E-state index >= 15 is 0 Å². The van der Waals surface area contributed by atoms with Crippen LogP contribution in [0.2, 0.25) is 0 Å². The molecule has 0 bridgehead atoms. The van der Waals surface area contributed by atoms with E-state index in [1.807, 2.05) is 6.92 Å². The second-order valence-corrected chi connectivity index (χ2v) is 4.37. The van der Waals surface area contributed by atoms with Crippen LogP contribution < -0.4 is 5.32 Å². The summed E-state index contributed by atoms with van der Waals surface area (Å²) in [5.41, 5.74) is 0. The lowest BCUT2D eigenvalue weighted by Crippen LogP contribution is -2.37. The Morgan fingerprint density at radius 1 is 1.40 bits per heavy atom. The van der Waals surface area contributed by atoms with E-state index in [2.05, 4.69) is 5.32 Å². The molecular weight excluding hydrogens is 190 g/mol. The first-order chi connectivity index (χ1) is 7.27. The summed E-state index contributed by atoms with van der Waals surface area (Å²) >= 11 is 0. The lowest BCUT2D eigenvalue weighted by Gasteiger charge is -2.24. The Morgan fingerprint density at radius 2 is 2.07 bits per heavy atom. The average molecular weight is 213 g/mol. The van der Waals surface area contributed by atoms with Gasteiger partial charge in [-0.1, -0.05) is 26.2 Å². The first-order valence-corrected chi connectivity index (χ1v) is 6.09. The van der Waals surface area contributed by atoms with Crippen LogP contribution in [-0.4, -0.2) is 25.7 Å². The maximum Gasteiger partial charge on any atom is 0.309 e. The summed E-state index contributed by atoms with van der Waals surface area (Å²) < 4.78 is 4.76. The molecule has 1 atom stereocenters. The van der Waals surface area contributed by atoms with Gasteiger partial charge < -0.3 is 10.1 Å². The molecule has 15 heavy (non-hydrogen) atoms. The van der Waals surface area contributed by atoms with Gasteiger partial charge in [0.15, 0.2) is 0 Å². The van der Waals surface area contributed by atoms with Crippen molar-refractivity contribution in [3.05, 3.63) is 0 Å². The summed E-state index contributed by atoms with van der Waals surface area (Å²) in [5.74, 6) is -0.0577. The molecule has 1 fully saturated rings. The topological polar surface area (TPSA) is 38.3 Å². The summed E-state index contributed by atoms with van der Waals surface area (Å²) in [5, 5.41) is 3.49. The van der Waals surface area contributed by atoms with E-state index in [0.717, 1.165) is 13.0 Å². The van der Waals surface area contributed by atoms with Crippen molar-refractivity contribution in [2.45, 2.75) is 51.5 Å². The number of nitrogens with one attached hydrogen (secondary N) is 1. The van der Waals surface area contributed by atoms with Crippen molar-refractivity contribution in [2.24, 2.45) is 5.92 Å². The Kier molecular flexibility index (Phi) is 5.69. The molecule has 3 nitrogen and oxygen atoms in total. The Balaban J connectivity index is 2.23. The van der Waals surface area contributed by atoms with Crippen LogP contribution in [0.25, 0.3) is 0 Å². The summed E-state index contributed by atoms with van der Waals surface area (Å²) in [6.07, 6.45) is 7.40. The minimum absolute atomic E-state index is 0.0249. The maximum atomic E-state index is 11.4. The molecule has 0 heterocycles. The van der Waals surface area contributed by atoms with Gasteiger partial charge in [-0.05, 0) is 19.3 Å². The van der Waals surface area contributed by atoms with E-state index in [4.69, 9.17) is 4.74 Å². The van der Waals surface area contributed by atoms with Crippen LogP contribution in [0.15, 0.2) is 0 Å². The largest absolute Gasteiger partial charge is 0.469 e. The monoisotopic (exact) mass is 213 g/mol. The third-order valence-electron chi connectivity index (χ3n) is 3.29. The summed E-state index contributed by atoms with van der Waals surface area (Å²) in [6, 6.07) is 0.623. The average Bonchev–Trinajstić information content (AvgIpc) is 2.31. The smallest absolute Gasteiger partial charge is 0.309 e. The molecule has 0 aromatic rings. The van der Waals surface area contributed by atoms with Gasteiger partial charge in [-0.3, -0.25) is 4.79 Å². The van der Waals surface area contributed by atoms with Gasteiger partial charge in [0, 0.05) is 12.6 Å². The highest BCUT2D eigenvalue weighted by Crippen LogP contribution is 2.17. The predicted octanol–water partition coefficient (Wildman–Crippen LogP) is 2.11. The standard InChI is InChI=1S/C12H23NO2/c1-3-10(12(14)15-2)9-13-11-7-5-4-6-8-11/h10-11,13H,3-9H2,1-2H3/t10-/m1/s1. The molecule has 0 spiro atoms. The van der Waals surface area contributed by atoms with Gasteiger partial charge in [-0.25, -0.2) is 0 Å². The van der Waals surface area contributed by atoms with E-state index in [-0.39, 0.29) is 11.9 Å². The highest BCUT2D eigenvalue weighted by atomic mass is 16.5. The molecule has 0 radical (unpaired) electrons. The van der Waals surface area contributed by atoms with E-state index < -0.39 is 0 Å². The van der Waals surface area contributed by atoms with Crippen LogP contribution in [-0.2, 0) is 9.53 Å². The second kappa shape index (κ2) is 6.83. The second-order valence-electron chi connectivity index (χ2n) is 4.37. The van der Waals surface area contributed by atoms with Crippen LogP contribution in [0.4, 0.5) is 0 Å². The minimum Gasteiger partial charge on any atom is -0.469 e. The van der Waals surface area contributed by atoms with Gasteiger partial charge in [0.2, 0.25) is 0 Å². The van der Waals surface area contributed by atoms with Gasteiger partial charge in [-0.15, -0.1) is 0 Å². The van der Waals surface area contributed by atoms with E-state index in [1.165, 1.54) is 39.2 Å². The fourth-order valence-electron chi connectivity index (χ4n) is 2.18. The van der Waals surface area contributed by atoms with Crippen LogP contribution in [0, 0.1) is 5.92 Å². The highest BCUT2D eigenvalue weighted by molar-refractivity contribution is 5.72. The SMILES string of the molecule is CC[C@H](CNC1CCCCC1)C(=O)OC. The van der Waals surface area contributed by atoms with Crippen LogP contribution in [0.3, 0.4) is 0 Å². The van der Waals surface area contributed by atoms with Crippen LogP contribution >= 0.6 is 0 Å². The van der Waals surface area contributed by atoms with Crippen LogP contribution in [0.5, 0.6) is 0 Å². The summed E-state index contributed by atoms with van der Waals surface area (Å²) in [7, 11) is 1.46. The number of hydrogen-bond acceptors (Lipinski definition) is 3. The number of esters is 1. The maximum absolute atomic E-state index is 11.4. The van der Waals surface area contributed by atoms with E-state index in [1.54, 1.807) is 0 Å². The normalized spacial score (nSPS) is 19.9. The van der Waals surface area contributed by atoms with Crippen molar-refractivity contribution < 1.29 is 9.53 Å². The molecule has 0 saturated heterocycles. The third-order valence-corrected chi connectivity index (χ3v) is 3.29. The van der Waals surface area contributed by atoms with Crippen molar-refractivity contribution in [2.75, 3.05) is 13.7 Å².